The molecule has 0 unspecified atom stereocenters. The van der Waals surface area contributed by atoms with Gasteiger partial charge in [-0.3, -0.25) is 0 Å². The number of ether oxygens (including phenoxy) is 2. The van der Waals surface area contributed by atoms with Gasteiger partial charge in [-0.2, -0.15) is 13.2 Å². The molecule has 3 aromatic rings. The standard InChI is InChI=1S/C23H20F3NO4S/c1-29-22(28)12-30-20-9-10-21(18-4-2-3-17(18)20)32-13-16-11-19(27-31-16)14-5-7-15(8-6-14)23(24,25)26/h5-11H,2-4,12-13H2,1H3. The lowest BCUT2D eigenvalue weighted by Crippen LogP contribution is -2.13. The summed E-state index contributed by atoms with van der Waals surface area (Å²) in [6, 6.07) is 10.4. The molecule has 0 aliphatic heterocycles. The highest BCUT2D eigenvalue weighted by atomic mass is 32.2. The molecule has 2 aromatic carbocycles. The summed E-state index contributed by atoms with van der Waals surface area (Å²) in [6.45, 7) is -0.125. The van der Waals surface area contributed by atoms with Crippen LogP contribution >= 0.6 is 11.8 Å². The van der Waals surface area contributed by atoms with Crippen LogP contribution < -0.4 is 4.74 Å². The molecule has 0 N–H and O–H groups in total. The number of carbonyl (C=O) groups excluding carboxylic acids is 1. The predicted octanol–water partition coefficient (Wildman–Crippen LogP) is 5.69. The summed E-state index contributed by atoms with van der Waals surface area (Å²) in [6.07, 6.45) is -1.53. The van der Waals surface area contributed by atoms with Crippen molar-refractivity contribution >= 4 is 17.7 Å². The molecule has 0 saturated heterocycles. The van der Waals surface area contributed by atoms with Crippen LogP contribution in [-0.4, -0.2) is 24.8 Å². The predicted molar refractivity (Wildman–Crippen MR) is 112 cm³/mol. The number of hydrogen-bond acceptors (Lipinski definition) is 6. The Bertz CT molecular complexity index is 1110. The normalized spacial score (nSPS) is 13.1. The second-order valence-corrected chi connectivity index (χ2v) is 8.30. The van der Waals surface area contributed by atoms with Crippen LogP contribution in [0.3, 0.4) is 0 Å². The van der Waals surface area contributed by atoms with Crippen LogP contribution in [0.2, 0.25) is 0 Å². The SMILES string of the molecule is COC(=O)COc1ccc(SCc2cc(-c3ccc(C(F)(F)F)cc3)no2)c2c1CCC2. The van der Waals surface area contributed by atoms with Crippen molar-refractivity contribution in [1.82, 2.24) is 5.16 Å². The topological polar surface area (TPSA) is 61.6 Å². The molecule has 0 atom stereocenters. The first-order valence-electron chi connectivity index (χ1n) is 9.95. The van der Waals surface area contributed by atoms with E-state index in [1.165, 1.54) is 24.8 Å². The van der Waals surface area contributed by atoms with Crippen molar-refractivity contribution in [1.29, 1.82) is 0 Å². The van der Waals surface area contributed by atoms with Gasteiger partial charge in [0.1, 0.15) is 17.2 Å². The minimum atomic E-state index is -4.37. The smallest absolute Gasteiger partial charge is 0.416 e. The molecule has 0 spiro atoms. The minimum absolute atomic E-state index is 0.125. The number of halogens is 3. The maximum atomic E-state index is 12.7. The summed E-state index contributed by atoms with van der Waals surface area (Å²) < 4.78 is 53.8. The number of carbonyl (C=O) groups is 1. The molecule has 0 radical (unpaired) electrons. The quantitative estimate of drug-likeness (QED) is 0.331. The second-order valence-electron chi connectivity index (χ2n) is 7.28. The van der Waals surface area contributed by atoms with Gasteiger partial charge >= 0.3 is 12.1 Å². The highest BCUT2D eigenvalue weighted by molar-refractivity contribution is 7.98. The molecule has 1 aliphatic carbocycles. The summed E-state index contributed by atoms with van der Waals surface area (Å²) in [5.41, 5.74) is 2.67. The Morgan fingerprint density at radius 1 is 1.12 bits per heavy atom. The van der Waals surface area contributed by atoms with Gasteiger partial charge in [-0.1, -0.05) is 17.3 Å². The molecule has 9 heteroatoms. The third-order valence-electron chi connectivity index (χ3n) is 5.21. The van der Waals surface area contributed by atoms with Crippen molar-refractivity contribution in [3.8, 4) is 17.0 Å². The molecule has 1 aromatic heterocycles. The number of esters is 1. The molecule has 0 fully saturated rings. The number of nitrogens with zero attached hydrogens (tertiary/aromatic N) is 1. The van der Waals surface area contributed by atoms with E-state index in [9.17, 15) is 18.0 Å². The van der Waals surface area contributed by atoms with Gasteiger partial charge in [0.05, 0.1) is 18.4 Å². The molecule has 0 amide bonds. The van der Waals surface area contributed by atoms with Gasteiger partial charge in [0.25, 0.3) is 0 Å². The number of benzene rings is 2. The van der Waals surface area contributed by atoms with Gasteiger partial charge in [0.2, 0.25) is 0 Å². The molecule has 168 valence electrons. The van der Waals surface area contributed by atoms with E-state index in [4.69, 9.17) is 9.26 Å². The van der Waals surface area contributed by atoms with E-state index in [0.29, 0.717) is 28.5 Å². The summed E-state index contributed by atoms with van der Waals surface area (Å²) >= 11 is 1.60. The Hall–Kier alpha value is -2.94. The van der Waals surface area contributed by atoms with E-state index in [1.54, 1.807) is 17.8 Å². The van der Waals surface area contributed by atoms with E-state index in [1.807, 2.05) is 12.1 Å². The average Bonchev–Trinajstić information content (AvgIpc) is 3.46. The van der Waals surface area contributed by atoms with Crippen molar-refractivity contribution in [2.24, 2.45) is 0 Å². The van der Waals surface area contributed by atoms with Crippen molar-refractivity contribution in [3.63, 3.8) is 0 Å². The fourth-order valence-corrected chi connectivity index (χ4v) is 4.60. The number of methoxy groups -OCH3 is 1. The number of alkyl halides is 3. The third-order valence-corrected chi connectivity index (χ3v) is 6.33. The Kier molecular flexibility index (Phi) is 6.45. The van der Waals surface area contributed by atoms with Crippen LogP contribution in [-0.2, 0) is 34.3 Å². The number of thioether (sulfide) groups is 1. The number of fused-ring (bicyclic) bond motifs is 1. The fraction of sp³-hybridized carbons (Fsp3) is 0.304. The Labute approximate surface area is 186 Å². The summed E-state index contributed by atoms with van der Waals surface area (Å²) in [5.74, 6) is 1.44. The molecule has 0 saturated carbocycles. The zero-order chi connectivity index (χ0) is 22.7. The first-order chi connectivity index (χ1) is 15.3. The maximum absolute atomic E-state index is 12.7. The van der Waals surface area contributed by atoms with Gasteiger partial charge in [0.15, 0.2) is 6.61 Å². The van der Waals surface area contributed by atoms with E-state index >= 15 is 0 Å². The highest BCUT2D eigenvalue weighted by Gasteiger charge is 2.30. The highest BCUT2D eigenvalue weighted by Crippen LogP contribution is 2.39. The lowest BCUT2D eigenvalue weighted by molar-refractivity contribution is -0.143. The minimum Gasteiger partial charge on any atom is -0.482 e. The zero-order valence-electron chi connectivity index (χ0n) is 17.2. The third kappa shape index (κ3) is 4.93. The van der Waals surface area contributed by atoms with Crippen LogP contribution in [0.1, 0.15) is 28.9 Å². The monoisotopic (exact) mass is 463 g/mol. The number of aromatic nitrogens is 1. The molecular weight excluding hydrogens is 443 g/mol. The number of hydrogen-bond donors (Lipinski definition) is 0. The van der Waals surface area contributed by atoms with Gasteiger partial charge < -0.3 is 14.0 Å². The zero-order valence-corrected chi connectivity index (χ0v) is 18.0. The van der Waals surface area contributed by atoms with Crippen molar-refractivity contribution in [3.05, 3.63) is 64.9 Å². The van der Waals surface area contributed by atoms with E-state index < -0.39 is 17.7 Å². The van der Waals surface area contributed by atoms with E-state index in [0.717, 1.165) is 41.9 Å². The van der Waals surface area contributed by atoms with E-state index in [2.05, 4.69) is 9.89 Å². The van der Waals surface area contributed by atoms with Gasteiger partial charge in [-0.25, -0.2) is 4.79 Å². The summed E-state index contributed by atoms with van der Waals surface area (Å²) in [7, 11) is 1.32. The molecule has 4 rings (SSSR count). The molecule has 1 aliphatic rings. The molecular formula is C23H20F3NO4S. The van der Waals surface area contributed by atoms with Crippen molar-refractivity contribution in [2.75, 3.05) is 13.7 Å². The lowest BCUT2D eigenvalue weighted by Gasteiger charge is -2.13. The summed E-state index contributed by atoms with van der Waals surface area (Å²) in [5, 5.41) is 3.99. The maximum Gasteiger partial charge on any atom is 0.416 e. The van der Waals surface area contributed by atoms with Crippen LogP contribution in [0, 0.1) is 0 Å². The fourth-order valence-electron chi connectivity index (χ4n) is 3.60. The first-order valence-corrected chi connectivity index (χ1v) is 10.9. The van der Waals surface area contributed by atoms with Crippen LogP contribution in [0.4, 0.5) is 13.2 Å². The first kappa shape index (κ1) is 22.3. The lowest BCUT2D eigenvalue weighted by atomic mass is 10.1. The molecule has 0 bridgehead atoms. The Morgan fingerprint density at radius 3 is 2.59 bits per heavy atom. The van der Waals surface area contributed by atoms with E-state index in [-0.39, 0.29) is 6.61 Å². The van der Waals surface area contributed by atoms with Crippen LogP contribution in [0.5, 0.6) is 5.75 Å². The summed E-state index contributed by atoms with van der Waals surface area (Å²) in [4.78, 5) is 12.5. The van der Waals surface area contributed by atoms with Crippen LogP contribution in [0.15, 0.2) is 51.9 Å². The molecule has 5 nitrogen and oxygen atoms in total. The number of rotatable bonds is 7. The second kappa shape index (κ2) is 9.28. The Balaban J connectivity index is 1.43. The average molecular weight is 463 g/mol. The van der Waals surface area contributed by atoms with Crippen molar-refractivity contribution < 1.29 is 32.0 Å². The van der Waals surface area contributed by atoms with Crippen LogP contribution in [0.25, 0.3) is 11.3 Å². The largest absolute Gasteiger partial charge is 0.482 e. The van der Waals surface area contributed by atoms with Gasteiger partial charge in [-0.15, -0.1) is 11.8 Å². The molecule has 32 heavy (non-hydrogen) atoms. The Morgan fingerprint density at radius 2 is 1.88 bits per heavy atom. The molecule has 1 heterocycles. The van der Waals surface area contributed by atoms with Gasteiger partial charge in [0, 0.05) is 16.5 Å². The van der Waals surface area contributed by atoms with Gasteiger partial charge in [-0.05, 0) is 54.7 Å². The van der Waals surface area contributed by atoms with Crippen molar-refractivity contribution in [2.45, 2.75) is 36.1 Å².